The van der Waals surface area contributed by atoms with Gasteiger partial charge in [-0.15, -0.1) is 0 Å². The normalized spacial score (nSPS) is 14.9. The summed E-state index contributed by atoms with van der Waals surface area (Å²) in [6, 6.07) is 24.3. The third-order valence-corrected chi connectivity index (χ3v) is 5.48. The Hall–Kier alpha value is -3.84. The summed E-state index contributed by atoms with van der Waals surface area (Å²) in [6.07, 6.45) is 2.14. The lowest BCUT2D eigenvalue weighted by Gasteiger charge is -2.12. The lowest BCUT2D eigenvalue weighted by Crippen LogP contribution is -2.31. The van der Waals surface area contributed by atoms with Crippen molar-refractivity contribution in [2.45, 2.75) is 25.6 Å². The monoisotopic (exact) mass is 459 g/mol. The Bertz CT molecular complexity index is 1080. The lowest BCUT2D eigenvalue weighted by molar-refractivity contribution is -0.114. The quantitative estimate of drug-likeness (QED) is 0.422. The maximum absolute atomic E-state index is 12.4. The van der Waals surface area contributed by atoms with Gasteiger partial charge in [0.25, 0.3) is 5.91 Å². The molecule has 3 aromatic rings. The van der Waals surface area contributed by atoms with Gasteiger partial charge in [-0.1, -0.05) is 36.4 Å². The van der Waals surface area contributed by atoms with Gasteiger partial charge in [0.05, 0.1) is 12.6 Å². The molecule has 1 fully saturated rings. The molecule has 0 bridgehead atoms. The average molecular weight is 460 g/mol. The Morgan fingerprint density at radius 1 is 0.941 bits per heavy atom. The van der Waals surface area contributed by atoms with Crippen molar-refractivity contribution in [2.75, 3.05) is 30.3 Å². The molecule has 7 heteroatoms. The number of carbonyl (C=O) groups is 2. The molecule has 2 amide bonds. The summed E-state index contributed by atoms with van der Waals surface area (Å²) in [4.78, 5) is 24.6. The molecule has 1 aliphatic heterocycles. The molecule has 1 saturated heterocycles. The first-order valence-electron chi connectivity index (χ1n) is 11.5. The van der Waals surface area contributed by atoms with Crippen molar-refractivity contribution in [1.82, 2.24) is 5.32 Å². The average Bonchev–Trinajstić information content (AvgIpc) is 3.40. The molecule has 0 radical (unpaired) electrons. The minimum atomic E-state index is -0.182. The van der Waals surface area contributed by atoms with Crippen LogP contribution >= 0.6 is 0 Å². The van der Waals surface area contributed by atoms with Crippen molar-refractivity contribution in [1.29, 1.82) is 0 Å². The van der Waals surface area contributed by atoms with Gasteiger partial charge in [-0.3, -0.25) is 9.59 Å². The number of anilines is 2. The van der Waals surface area contributed by atoms with Gasteiger partial charge in [-0.25, -0.2) is 0 Å². The van der Waals surface area contributed by atoms with Crippen LogP contribution in [0.2, 0.25) is 0 Å². The van der Waals surface area contributed by atoms with Crippen LogP contribution < -0.4 is 20.7 Å². The maximum atomic E-state index is 12.4. The molecular formula is C27H29N3O4. The Kier molecular flexibility index (Phi) is 8.13. The molecule has 1 atom stereocenters. The number of amides is 2. The summed E-state index contributed by atoms with van der Waals surface area (Å²) < 4.78 is 11.3. The molecule has 0 spiro atoms. The predicted molar refractivity (Wildman–Crippen MR) is 132 cm³/mol. The summed E-state index contributed by atoms with van der Waals surface area (Å²) in [5.74, 6) is 0.371. The van der Waals surface area contributed by atoms with E-state index in [4.69, 9.17) is 9.47 Å². The molecule has 3 N–H and O–H groups in total. The zero-order chi connectivity index (χ0) is 23.6. The van der Waals surface area contributed by atoms with Crippen molar-refractivity contribution in [3.05, 3.63) is 90.0 Å². The fraction of sp³-hybridized carbons (Fsp3) is 0.259. The SMILES string of the molecule is O=C(CNc1ccc(C(=O)NCC2CCCO2)cc1)Nc1cccc(OCc2ccccc2)c1. The van der Waals surface area contributed by atoms with Crippen molar-refractivity contribution in [3.8, 4) is 5.75 Å². The minimum absolute atomic E-state index is 0.0969. The van der Waals surface area contributed by atoms with Gasteiger partial charge in [0.1, 0.15) is 12.4 Å². The Balaban J connectivity index is 1.21. The smallest absolute Gasteiger partial charge is 0.251 e. The minimum Gasteiger partial charge on any atom is -0.489 e. The Labute approximate surface area is 199 Å². The second-order valence-corrected chi connectivity index (χ2v) is 8.13. The summed E-state index contributed by atoms with van der Waals surface area (Å²) in [7, 11) is 0. The molecule has 0 saturated carbocycles. The predicted octanol–water partition coefficient (Wildman–Crippen LogP) is 4.23. The molecule has 0 aliphatic carbocycles. The van der Waals surface area contributed by atoms with Crippen molar-refractivity contribution < 1.29 is 19.1 Å². The number of nitrogens with one attached hydrogen (secondary N) is 3. The van der Waals surface area contributed by atoms with Gasteiger partial charge < -0.3 is 25.4 Å². The van der Waals surface area contributed by atoms with E-state index < -0.39 is 0 Å². The largest absolute Gasteiger partial charge is 0.489 e. The summed E-state index contributed by atoms with van der Waals surface area (Å²) in [6.45, 7) is 1.85. The number of hydrogen-bond donors (Lipinski definition) is 3. The van der Waals surface area contributed by atoms with E-state index in [1.165, 1.54) is 0 Å². The molecule has 1 heterocycles. The summed E-state index contributed by atoms with van der Waals surface area (Å²) in [5.41, 5.74) is 3.06. The van der Waals surface area contributed by atoms with Crippen LogP contribution in [0.5, 0.6) is 5.75 Å². The lowest BCUT2D eigenvalue weighted by atomic mass is 10.2. The van der Waals surface area contributed by atoms with Gasteiger partial charge in [0, 0.05) is 36.2 Å². The van der Waals surface area contributed by atoms with E-state index in [1.807, 2.05) is 48.5 Å². The molecule has 0 aromatic heterocycles. The Morgan fingerprint density at radius 2 is 1.76 bits per heavy atom. The highest BCUT2D eigenvalue weighted by atomic mass is 16.5. The van der Waals surface area contributed by atoms with Crippen LogP contribution in [0.15, 0.2) is 78.9 Å². The van der Waals surface area contributed by atoms with E-state index in [0.717, 1.165) is 30.7 Å². The maximum Gasteiger partial charge on any atom is 0.251 e. The number of ether oxygens (including phenoxy) is 2. The number of carbonyl (C=O) groups excluding carboxylic acids is 2. The zero-order valence-corrected chi connectivity index (χ0v) is 19.0. The molecule has 1 unspecified atom stereocenters. The van der Waals surface area contributed by atoms with Crippen molar-refractivity contribution in [3.63, 3.8) is 0 Å². The highest BCUT2D eigenvalue weighted by Crippen LogP contribution is 2.19. The van der Waals surface area contributed by atoms with E-state index in [2.05, 4.69) is 16.0 Å². The second-order valence-electron chi connectivity index (χ2n) is 8.13. The van der Waals surface area contributed by atoms with Gasteiger partial charge in [-0.05, 0) is 54.8 Å². The van der Waals surface area contributed by atoms with Crippen LogP contribution in [0, 0.1) is 0 Å². The van der Waals surface area contributed by atoms with Crippen LogP contribution in [0.1, 0.15) is 28.8 Å². The van der Waals surface area contributed by atoms with Gasteiger partial charge in [-0.2, -0.15) is 0 Å². The molecular weight excluding hydrogens is 430 g/mol. The van der Waals surface area contributed by atoms with Crippen LogP contribution in [-0.2, 0) is 16.1 Å². The van der Waals surface area contributed by atoms with E-state index >= 15 is 0 Å². The van der Waals surface area contributed by atoms with E-state index in [1.54, 1.807) is 30.3 Å². The molecule has 1 aliphatic rings. The summed E-state index contributed by atoms with van der Waals surface area (Å²) >= 11 is 0. The van der Waals surface area contributed by atoms with Gasteiger partial charge in [0.15, 0.2) is 0 Å². The third-order valence-electron chi connectivity index (χ3n) is 5.48. The fourth-order valence-corrected chi connectivity index (χ4v) is 3.65. The molecule has 176 valence electrons. The highest BCUT2D eigenvalue weighted by molar-refractivity contribution is 5.95. The number of benzene rings is 3. The first-order valence-corrected chi connectivity index (χ1v) is 11.5. The van der Waals surface area contributed by atoms with Gasteiger partial charge >= 0.3 is 0 Å². The van der Waals surface area contributed by atoms with Crippen LogP contribution in [0.25, 0.3) is 0 Å². The molecule has 34 heavy (non-hydrogen) atoms. The van der Waals surface area contributed by atoms with E-state index in [9.17, 15) is 9.59 Å². The van der Waals surface area contributed by atoms with Crippen molar-refractivity contribution in [2.24, 2.45) is 0 Å². The zero-order valence-electron chi connectivity index (χ0n) is 19.0. The third kappa shape index (κ3) is 7.08. The first-order chi connectivity index (χ1) is 16.7. The summed E-state index contributed by atoms with van der Waals surface area (Å²) in [5, 5.41) is 8.84. The standard InChI is InChI=1S/C27H29N3O4/c31-26(30-23-8-4-9-24(16-23)34-19-20-6-2-1-3-7-20)18-28-22-13-11-21(12-14-22)27(32)29-17-25-10-5-15-33-25/h1-4,6-9,11-14,16,25,28H,5,10,15,17-19H2,(H,29,32)(H,30,31). The van der Waals surface area contributed by atoms with E-state index in [0.29, 0.717) is 30.2 Å². The topological polar surface area (TPSA) is 88.7 Å². The highest BCUT2D eigenvalue weighted by Gasteiger charge is 2.16. The van der Waals surface area contributed by atoms with Crippen molar-refractivity contribution >= 4 is 23.2 Å². The molecule has 7 nitrogen and oxygen atoms in total. The second kappa shape index (κ2) is 11.9. The Morgan fingerprint density at radius 3 is 2.53 bits per heavy atom. The van der Waals surface area contributed by atoms with Crippen LogP contribution in [0.3, 0.4) is 0 Å². The van der Waals surface area contributed by atoms with Crippen LogP contribution in [-0.4, -0.2) is 37.6 Å². The molecule has 4 rings (SSSR count). The van der Waals surface area contributed by atoms with E-state index in [-0.39, 0.29) is 24.5 Å². The molecule has 3 aromatic carbocycles. The fourth-order valence-electron chi connectivity index (χ4n) is 3.65. The van der Waals surface area contributed by atoms with Gasteiger partial charge in [0.2, 0.25) is 5.91 Å². The number of hydrogen-bond acceptors (Lipinski definition) is 5. The first kappa shape index (κ1) is 23.3. The number of rotatable bonds is 10. The van der Waals surface area contributed by atoms with Crippen LogP contribution in [0.4, 0.5) is 11.4 Å².